The van der Waals surface area contributed by atoms with Gasteiger partial charge >= 0.3 is 0 Å². The van der Waals surface area contributed by atoms with Crippen LogP contribution in [-0.2, 0) is 0 Å². The number of rotatable bonds is 6. The van der Waals surface area contributed by atoms with Gasteiger partial charge in [-0.15, -0.1) is 0 Å². The van der Waals surface area contributed by atoms with Crippen molar-refractivity contribution in [2.24, 2.45) is 52.3 Å². The normalized spacial score (nSPS) is 42.8. The molecule has 0 bridgehead atoms. The lowest BCUT2D eigenvalue weighted by Gasteiger charge is -2.56. The van der Waals surface area contributed by atoms with E-state index in [9.17, 15) is 0 Å². The molecule has 2 fully saturated rings. The molecule has 0 heterocycles. The molecule has 0 aliphatic heterocycles. The average molecular weight is 395 g/mol. The average Bonchev–Trinajstić information content (AvgIpc) is 3.05. The molecule has 8 atom stereocenters. The van der Waals surface area contributed by atoms with E-state index in [0.29, 0.717) is 10.8 Å². The highest BCUT2D eigenvalue weighted by atomic mass is 14.6. The molecule has 162 valence electrons. The van der Waals surface area contributed by atoms with Gasteiger partial charge in [-0.05, 0) is 90.9 Å². The van der Waals surface area contributed by atoms with Crippen molar-refractivity contribution >= 4 is 0 Å². The molecule has 0 aromatic rings. The first kappa shape index (κ1) is 21.5. The quantitative estimate of drug-likeness (QED) is 0.423. The molecule has 4 rings (SSSR count). The van der Waals surface area contributed by atoms with Gasteiger partial charge in [0.2, 0.25) is 0 Å². The van der Waals surface area contributed by atoms with Crippen molar-refractivity contribution in [3.63, 3.8) is 0 Å². The third-order valence-electron chi connectivity index (χ3n) is 10.5. The molecule has 2 saturated carbocycles. The molecule has 0 N–H and O–H groups in total. The smallest absolute Gasteiger partial charge is 0.0135 e. The zero-order valence-electron chi connectivity index (χ0n) is 20.1. The predicted octanol–water partition coefficient (Wildman–Crippen LogP) is 8.61. The van der Waals surface area contributed by atoms with Crippen LogP contribution in [0.1, 0.15) is 92.9 Å². The van der Waals surface area contributed by atoms with Gasteiger partial charge in [0, 0.05) is 5.41 Å². The largest absolute Gasteiger partial charge is 0.0801 e. The number of allylic oxidation sites excluding steroid dienone is 6. The van der Waals surface area contributed by atoms with Gasteiger partial charge in [-0.2, -0.15) is 0 Å². The zero-order chi connectivity index (χ0) is 20.8. The van der Waals surface area contributed by atoms with Crippen molar-refractivity contribution in [3.05, 3.63) is 36.0 Å². The van der Waals surface area contributed by atoms with E-state index in [1.807, 2.05) is 0 Å². The second-order valence-corrected chi connectivity index (χ2v) is 12.0. The fourth-order valence-electron chi connectivity index (χ4n) is 8.60. The van der Waals surface area contributed by atoms with E-state index in [0.717, 1.165) is 41.4 Å². The number of hydrogen-bond donors (Lipinski definition) is 0. The van der Waals surface area contributed by atoms with Gasteiger partial charge in [0.1, 0.15) is 0 Å². The van der Waals surface area contributed by atoms with Crippen LogP contribution in [0.2, 0.25) is 0 Å². The Hall–Kier alpha value is -0.780. The Kier molecular flexibility index (Phi) is 5.95. The second-order valence-electron chi connectivity index (χ2n) is 12.0. The lowest BCUT2D eigenvalue weighted by molar-refractivity contribution is -0.0323. The Morgan fingerprint density at radius 3 is 2.52 bits per heavy atom. The van der Waals surface area contributed by atoms with E-state index in [1.54, 1.807) is 5.57 Å². The highest BCUT2D eigenvalue weighted by Gasteiger charge is 2.58. The Bertz CT molecular complexity index is 678. The van der Waals surface area contributed by atoms with Gasteiger partial charge in [-0.1, -0.05) is 84.8 Å². The van der Waals surface area contributed by atoms with Crippen LogP contribution in [0.25, 0.3) is 0 Å². The highest BCUT2D eigenvalue weighted by molar-refractivity contribution is 5.41. The summed E-state index contributed by atoms with van der Waals surface area (Å²) in [6.45, 7) is 15.1. The van der Waals surface area contributed by atoms with Crippen LogP contribution in [0.15, 0.2) is 36.0 Å². The standard InChI is InChI=1S/C29H46/c1-7-22(20(2)3)12-11-21(4)25-15-16-26-24-14-13-23-10-8-9-18-28(23,5)27(24)17-19-29(25,26)6/h8-10,13,18,20-22,24-27H,7,11-12,14-17,19H2,1-6H3/t21-,22?,24+,25-,26+,27+,28+,29-/m1/s1. The summed E-state index contributed by atoms with van der Waals surface area (Å²) in [6.07, 6.45) is 23.6. The molecule has 0 spiro atoms. The van der Waals surface area contributed by atoms with Crippen molar-refractivity contribution in [1.82, 2.24) is 0 Å². The molecular formula is C29H46. The molecule has 0 aromatic heterocycles. The maximum atomic E-state index is 2.71. The van der Waals surface area contributed by atoms with Gasteiger partial charge < -0.3 is 0 Å². The first-order valence-corrected chi connectivity index (χ1v) is 12.9. The number of hydrogen-bond acceptors (Lipinski definition) is 0. The molecule has 4 aliphatic rings. The van der Waals surface area contributed by atoms with Crippen molar-refractivity contribution in [2.75, 3.05) is 0 Å². The Morgan fingerprint density at radius 1 is 1.00 bits per heavy atom. The van der Waals surface area contributed by atoms with Crippen molar-refractivity contribution in [2.45, 2.75) is 92.9 Å². The van der Waals surface area contributed by atoms with E-state index in [2.05, 4.69) is 71.9 Å². The van der Waals surface area contributed by atoms with Crippen LogP contribution in [0, 0.1) is 52.3 Å². The van der Waals surface area contributed by atoms with E-state index in [1.165, 1.54) is 51.4 Å². The minimum atomic E-state index is 0.300. The Morgan fingerprint density at radius 2 is 1.79 bits per heavy atom. The van der Waals surface area contributed by atoms with Crippen LogP contribution in [0.5, 0.6) is 0 Å². The molecule has 0 saturated heterocycles. The summed E-state index contributed by atoms with van der Waals surface area (Å²) in [6, 6.07) is 0. The molecule has 0 radical (unpaired) electrons. The molecule has 0 amide bonds. The minimum Gasteiger partial charge on any atom is -0.0801 e. The SMILES string of the molecule is CCC(CC[C@@H](C)[C@H]1CC[C@H]2[C@@H]3CC=C4C=CC=C[C@]4(C)[C@H]3CC[C@]12C)C(C)C. The summed E-state index contributed by atoms with van der Waals surface area (Å²) < 4.78 is 0. The van der Waals surface area contributed by atoms with Gasteiger partial charge in [0.25, 0.3) is 0 Å². The minimum absolute atomic E-state index is 0.300. The summed E-state index contributed by atoms with van der Waals surface area (Å²) in [5, 5.41) is 0. The van der Waals surface area contributed by atoms with Crippen molar-refractivity contribution in [3.8, 4) is 0 Å². The van der Waals surface area contributed by atoms with Gasteiger partial charge in [-0.3, -0.25) is 0 Å². The van der Waals surface area contributed by atoms with Crippen molar-refractivity contribution in [1.29, 1.82) is 0 Å². The lowest BCUT2D eigenvalue weighted by Crippen LogP contribution is -2.49. The zero-order valence-corrected chi connectivity index (χ0v) is 20.1. The molecule has 0 nitrogen and oxygen atoms in total. The predicted molar refractivity (Wildman–Crippen MR) is 127 cm³/mol. The van der Waals surface area contributed by atoms with Gasteiger partial charge in [0.05, 0.1) is 0 Å². The van der Waals surface area contributed by atoms with Gasteiger partial charge in [-0.25, -0.2) is 0 Å². The van der Waals surface area contributed by atoms with Crippen LogP contribution in [0.3, 0.4) is 0 Å². The first-order chi connectivity index (χ1) is 13.8. The highest BCUT2D eigenvalue weighted by Crippen LogP contribution is 2.66. The molecule has 1 unspecified atom stereocenters. The van der Waals surface area contributed by atoms with Crippen LogP contribution in [-0.4, -0.2) is 0 Å². The first-order valence-electron chi connectivity index (χ1n) is 12.9. The maximum Gasteiger partial charge on any atom is 0.0135 e. The summed E-state index contributed by atoms with van der Waals surface area (Å²) in [7, 11) is 0. The van der Waals surface area contributed by atoms with Crippen molar-refractivity contribution < 1.29 is 0 Å². The van der Waals surface area contributed by atoms with E-state index in [4.69, 9.17) is 0 Å². The molecule has 0 aromatic carbocycles. The maximum absolute atomic E-state index is 2.71. The third-order valence-corrected chi connectivity index (χ3v) is 10.5. The monoisotopic (exact) mass is 394 g/mol. The van der Waals surface area contributed by atoms with E-state index < -0.39 is 0 Å². The fourth-order valence-corrected chi connectivity index (χ4v) is 8.60. The number of fused-ring (bicyclic) bond motifs is 5. The lowest BCUT2D eigenvalue weighted by atomic mass is 9.48. The molecule has 29 heavy (non-hydrogen) atoms. The summed E-state index contributed by atoms with van der Waals surface area (Å²) >= 11 is 0. The summed E-state index contributed by atoms with van der Waals surface area (Å²) in [5.74, 6) is 6.35. The van der Waals surface area contributed by atoms with Crippen LogP contribution in [0.4, 0.5) is 0 Å². The van der Waals surface area contributed by atoms with E-state index >= 15 is 0 Å². The second kappa shape index (κ2) is 8.05. The van der Waals surface area contributed by atoms with Crippen LogP contribution >= 0.6 is 0 Å². The van der Waals surface area contributed by atoms with E-state index in [-0.39, 0.29) is 0 Å². The Balaban J connectivity index is 1.49. The third kappa shape index (κ3) is 3.51. The fraction of sp³-hybridized carbons (Fsp3) is 0.793. The molecule has 0 heteroatoms. The van der Waals surface area contributed by atoms with Gasteiger partial charge in [0.15, 0.2) is 0 Å². The Labute approximate surface area is 181 Å². The summed E-state index contributed by atoms with van der Waals surface area (Å²) in [4.78, 5) is 0. The molecule has 4 aliphatic carbocycles. The topological polar surface area (TPSA) is 0 Å². The molecular weight excluding hydrogens is 348 g/mol. The van der Waals surface area contributed by atoms with Crippen LogP contribution < -0.4 is 0 Å². The summed E-state index contributed by atoms with van der Waals surface area (Å²) in [5.41, 5.74) is 2.50.